The maximum atomic E-state index is 12.2. The number of carbonyl (C=O) groups is 1. The smallest absolute Gasteiger partial charge is 0.369 e. The molecule has 0 aliphatic heterocycles. The third-order valence-electron chi connectivity index (χ3n) is 2.39. The minimum Gasteiger partial charge on any atom is -0.369 e. The van der Waals surface area contributed by atoms with Crippen LogP contribution in [0, 0.1) is 0 Å². The second-order valence-corrected chi connectivity index (χ2v) is 4.66. The molecule has 1 aromatic rings. The van der Waals surface area contributed by atoms with Crippen molar-refractivity contribution in [3.63, 3.8) is 0 Å². The molecule has 0 bridgehead atoms. The van der Waals surface area contributed by atoms with E-state index in [4.69, 9.17) is 11.6 Å². The summed E-state index contributed by atoms with van der Waals surface area (Å²) in [6, 6.07) is 1.31. The Bertz CT molecular complexity index is 480. The number of pyridine rings is 1. The predicted molar refractivity (Wildman–Crippen MR) is 71.0 cm³/mol. The van der Waals surface area contributed by atoms with E-state index in [9.17, 15) is 18.0 Å². The molecule has 0 fully saturated rings. The number of rotatable bonds is 5. The van der Waals surface area contributed by atoms with Crippen LogP contribution < -0.4 is 5.32 Å². The molecule has 0 radical (unpaired) electrons. The summed E-state index contributed by atoms with van der Waals surface area (Å²) in [5.41, 5.74) is 0.0174. The van der Waals surface area contributed by atoms with Crippen molar-refractivity contribution in [2.75, 3.05) is 25.5 Å². The Balaban J connectivity index is 2.81. The van der Waals surface area contributed by atoms with Crippen LogP contribution in [-0.2, 0) is 0 Å². The van der Waals surface area contributed by atoms with Crippen molar-refractivity contribution < 1.29 is 18.0 Å². The Kier molecular flexibility index (Phi) is 5.62. The number of halogens is 4. The Morgan fingerprint density at radius 2 is 2.15 bits per heavy atom. The van der Waals surface area contributed by atoms with Gasteiger partial charge in [-0.25, -0.2) is 4.98 Å². The zero-order valence-corrected chi connectivity index (χ0v) is 11.8. The van der Waals surface area contributed by atoms with E-state index >= 15 is 0 Å². The van der Waals surface area contributed by atoms with E-state index < -0.39 is 18.6 Å². The summed E-state index contributed by atoms with van der Waals surface area (Å²) < 4.78 is 36.7. The number of hydrogen-bond donors (Lipinski definition) is 1. The largest absolute Gasteiger partial charge is 0.406 e. The number of nitrogens with zero attached hydrogens (tertiary/aromatic N) is 2. The third kappa shape index (κ3) is 4.88. The van der Waals surface area contributed by atoms with Gasteiger partial charge in [-0.1, -0.05) is 18.5 Å². The number of carbonyl (C=O) groups excluding carboxylic acids is 1. The van der Waals surface area contributed by atoms with Gasteiger partial charge in [0.25, 0.3) is 5.91 Å². The number of anilines is 1. The van der Waals surface area contributed by atoms with Gasteiger partial charge in [0.2, 0.25) is 0 Å². The SMILES string of the molecule is CCCNc1ncc(C(=O)N(C)CC(F)(F)F)cc1Cl. The first-order valence-electron chi connectivity index (χ1n) is 5.96. The summed E-state index contributed by atoms with van der Waals surface area (Å²) in [6.07, 6.45) is -2.36. The minimum absolute atomic E-state index is 0.0174. The van der Waals surface area contributed by atoms with Gasteiger partial charge in [-0.3, -0.25) is 4.79 Å². The molecule has 0 spiro atoms. The van der Waals surface area contributed by atoms with Gasteiger partial charge < -0.3 is 10.2 Å². The first-order chi connectivity index (χ1) is 9.24. The van der Waals surface area contributed by atoms with Gasteiger partial charge in [0.05, 0.1) is 10.6 Å². The van der Waals surface area contributed by atoms with Crippen molar-refractivity contribution in [2.45, 2.75) is 19.5 Å². The fourth-order valence-electron chi connectivity index (χ4n) is 1.49. The first-order valence-corrected chi connectivity index (χ1v) is 6.34. The summed E-state index contributed by atoms with van der Waals surface area (Å²) in [5.74, 6) is -0.373. The van der Waals surface area contributed by atoms with Crippen LogP contribution >= 0.6 is 11.6 Å². The molecule has 0 aromatic carbocycles. The number of aromatic nitrogens is 1. The number of amides is 1. The van der Waals surface area contributed by atoms with Crippen molar-refractivity contribution in [2.24, 2.45) is 0 Å². The Labute approximate surface area is 119 Å². The maximum Gasteiger partial charge on any atom is 0.406 e. The van der Waals surface area contributed by atoms with Gasteiger partial charge >= 0.3 is 6.18 Å². The van der Waals surface area contributed by atoms with Gasteiger partial charge in [0.1, 0.15) is 12.4 Å². The lowest BCUT2D eigenvalue weighted by Crippen LogP contribution is -2.35. The summed E-state index contributed by atoms with van der Waals surface area (Å²) >= 11 is 5.93. The van der Waals surface area contributed by atoms with Gasteiger partial charge in [0.15, 0.2) is 0 Å². The third-order valence-corrected chi connectivity index (χ3v) is 2.68. The lowest BCUT2D eigenvalue weighted by Gasteiger charge is -2.19. The average molecular weight is 310 g/mol. The molecule has 1 N–H and O–H groups in total. The lowest BCUT2D eigenvalue weighted by atomic mass is 10.2. The topological polar surface area (TPSA) is 45.2 Å². The molecule has 0 aliphatic carbocycles. The highest BCUT2D eigenvalue weighted by Crippen LogP contribution is 2.22. The van der Waals surface area contributed by atoms with Gasteiger partial charge in [0, 0.05) is 19.8 Å². The molecule has 0 saturated carbocycles. The quantitative estimate of drug-likeness (QED) is 0.908. The Morgan fingerprint density at radius 1 is 1.50 bits per heavy atom. The maximum absolute atomic E-state index is 12.2. The van der Waals surface area contributed by atoms with Crippen LogP contribution in [0.2, 0.25) is 5.02 Å². The second-order valence-electron chi connectivity index (χ2n) is 4.26. The summed E-state index contributed by atoms with van der Waals surface area (Å²) in [7, 11) is 1.08. The normalized spacial score (nSPS) is 11.3. The van der Waals surface area contributed by atoms with Crippen LogP contribution in [0.5, 0.6) is 0 Å². The molecule has 0 unspecified atom stereocenters. The number of nitrogens with one attached hydrogen (secondary N) is 1. The average Bonchev–Trinajstić information content (AvgIpc) is 2.34. The molecular weight excluding hydrogens is 295 g/mol. The number of hydrogen-bond acceptors (Lipinski definition) is 3. The zero-order chi connectivity index (χ0) is 15.3. The number of alkyl halides is 3. The van der Waals surface area contributed by atoms with E-state index in [0.717, 1.165) is 13.5 Å². The molecule has 112 valence electrons. The van der Waals surface area contributed by atoms with Crippen LogP contribution in [0.3, 0.4) is 0 Å². The van der Waals surface area contributed by atoms with Crippen LogP contribution in [0.25, 0.3) is 0 Å². The minimum atomic E-state index is -4.44. The molecule has 20 heavy (non-hydrogen) atoms. The Hall–Kier alpha value is -1.50. The van der Waals surface area contributed by atoms with Crippen LogP contribution in [0.4, 0.5) is 19.0 Å². The Morgan fingerprint density at radius 3 is 2.65 bits per heavy atom. The van der Waals surface area contributed by atoms with E-state index in [1.54, 1.807) is 0 Å². The van der Waals surface area contributed by atoms with Crippen LogP contribution in [0.15, 0.2) is 12.3 Å². The van der Waals surface area contributed by atoms with E-state index in [0.29, 0.717) is 17.3 Å². The first kappa shape index (κ1) is 16.6. The highest BCUT2D eigenvalue weighted by molar-refractivity contribution is 6.33. The standard InChI is InChI=1S/C12H15ClF3N3O/c1-3-4-17-10-9(13)5-8(6-18-10)11(20)19(2)7-12(14,15)16/h5-6H,3-4,7H2,1-2H3,(H,17,18). The molecule has 0 atom stereocenters. The van der Waals surface area contributed by atoms with Crippen LogP contribution in [0.1, 0.15) is 23.7 Å². The van der Waals surface area contributed by atoms with Crippen molar-refractivity contribution in [1.29, 1.82) is 0 Å². The van der Waals surface area contributed by atoms with Gasteiger partial charge in [-0.2, -0.15) is 13.2 Å². The van der Waals surface area contributed by atoms with Crippen molar-refractivity contribution >= 4 is 23.3 Å². The fraction of sp³-hybridized carbons (Fsp3) is 0.500. The van der Waals surface area contributed by atoms with E-state index in [2.05, 4.69) is 10.3 Å². The fourth-order valence-corrected chi connectivity index (χ4v) is 1.72. The van der Waals surface area contributed by atoms with Gasteiger partial charge in [-0.05, 0) is 12.5 Å². The molecule has 8 heteroatoms. The van der Waals surface area contributed by atoms with Gasteiger partial charge in [-0.15, -0.1) is 0 Å². The highest BCUT2D eigenvalue weighted by Gasteiger charge is 2.31. The van der Waals surface area contributed by atoms with Crippen molar-refractivity contribution in [3.05, 3.63) is 22.8 Å². The monoisotopic (exact) mass is 309 g/mol. The lowest BCUT2D eigenvalue weighted by molar-refractivity contribution is -0.138. The molecule has 1 aromatic heterocycles. The highest BCUT2D eigenvalue weighted by atomic mass is 35.5. The molecule has 1 heterocycles. The molecule has 4 nitrogen and oxygen atoms in total. The summed E-state index contributed by atoms with van der Waals surface area (Å²) in [6.45, 7) is 1.30. The molecule has 0 aliphatic rings. The molecule has 0 saturated heterocycles. The summed E-state index contributed by atoms with van der Waals surface area (Å²) in [4.78, 5) is 16.3. The second kappa shape index (κ2) is 6.78. The molecule has 1 rings (SSSR count). The van der Waals surface area contributed by atoms with E-state index in [-0.39, 0.29) is 10.6 Å². The predicted octanol–water partition coefficient (Wildman–Crippen LogP) is 3.19. The van der Waals surface area contributed by atoms with Crippen LogP contribution in [-0.4, -0.2) is 42.1 Å². The molecular formula is C12H15ClF3N3O. The molecule has 1 amide bonds. The van der Waals surface area contributed by atoms with E-state index in [1.165, 1.54) is 12.3 Å². The van der Waals surface area contributed by atoms with Crippen molar-refractivity contribution in [1.82, 2.24) is 9.88 Å². The van der Waals surface area contributed by atoms with E-state index in [1.807, 2.05) is 6.92 Å². The summed E-state index contributed by atoms with van der Waals surface area (Å²) in [5, 5.41) is 3.15. The zero-order valence-electron chi connectivity index (χ0n) is 11.1. The van der Waals surface area contributed by atoms with Crippen molar-refractivity contribution in [3.8, 4) is 0 Å².